The smallest absolute Gasteiger partial charge is 0.387 e. The molecule has 0 atom stereocenters. The van der Waals surface area contributed by atoms with E-state index in [4.69, 9.17) is 11.6 Å². The zero-order valence-electron chi connectivity index (χ0n) is 13.6. The van der Waals surface area contributed by atoms with Gasteiger partial charge in [0.25, 0.3) is 0 Å². The van der Waals surface area contributed by atoms with E-state index in [2.05, 4.69) is 25.3 Å². The van der Waals surface area contributed by atoms with Crippen LogP contribution in [0.1, 0.15) is 16.1 Å². The van der Waals surface area contributed by atoms with Gasteiger partial charge in [0.1, 0.15) is 5.75 Å². The molecule has 0 aliphatic rings. The Bertz CT molecular complexity index is 715. The third-order valence-electron chi connectivity index (χ3n) is 3.17. The van der Waals surface area contributed by atoms with Gasteiger partial charge in [-0.2, -0.15) is 8.78 Å². The summed E-state index contributed by atoms with van der Waals surface area (Å²) in [6.45, 7) is -0.142. The van der Waals surface area contributed by atoms with Gasteiger partial charge < -0.3 is 15.4 Å². The summed E-state index contributed by atoms with van der Waals surface area (Å²) < 4.78 is 29.4. The van der Waals surface area contributed by atoms with Crippen LogP contribution >= 0.6 is 46.9 Å². The summed E-state index contributed by atoms with van der Waals surface area (Å²) in [4.78, 5) is 9.38. The van der Waals surface area contributed by atoms with Gasteiger partial charge >= 0.3 is 6.61 Å². The van der Waals surface area contributed by atoms with Crippen LogP contribution in [0, 0.1) is 6.92 Å². The van der Waals surface area contributed by atoms with E-state index in [1.807, 2.05) is 6.92 Å². The number of ether oxygens (including phenoxy) is 1. The SMILES string of the molecule is CN=C(NCc1cc(Cl)ccc1OC(F)F)NCc1scnc1C.I. The molecule has 1 heterocycles. The number of nitrogens with one attached hydrogen (secondary N) is 2. The van der Waals surface area contributed by atoms with Gasteiger partial charge in [-0.1, -0.05) is 11.6 Å². The Labute approximate surface area is 170 Å². The number of aliphatic imine (C=N–C) groups is 1. The number of benzene rings is 1. The topological polar surface area (TPSA) is 58.5 Å². The number of alkyl halides is 2. The molecule has 0 aliphatic heterocycles. The molecule has 2 N–H and O–H groups in total. The highest BCUT2D eigenvalue weighted by atomic mass is 127. The van der Waals surface area contributed by atoms with Crippen molar-refractivity contribution < 1.29 is 13.5 Å². The number of nitrogens with zero attached hydrogens (tertiary/aromatic N) is 2. The van der Waals surface area contributed by atoms with Crippen LogP contribution in [0.4, 0.5) is 8.78 Å². The average molecular weight is 503 g/mol. The standard InChI is InChI=1S/C15H17ClF2N4OS.HI/c1-9-13(24-8-22-9)7-21-15(19-2)20-6-10-5-11(16)3-4-12(10)23-14(17)18;/h3-5,8,14H,6-7H2,1-2H3,(H2,19,20,21);1H. The highest BCUT2D eigenvalue weighted by Gasteiger charge is 2.11. The number of hydrogen-bond donors (Lipinski definition) is 2. The molecule has 0 aliphatic carbocycles. The summed E-state index contributed by atoms with van der Waals surface area (Å²) in [6.07, 6.45) is 0. The number of rotatable bonds is 6. The van der Waals surface area contributed by atoms with Gasteiger partial charge in [-0.05, 0) is 25.1 Å². The fourth-order valence-electron chi connectivity index (χ4n) is 1.96. The lowest BCUT2D eigenvalue weighted by atomic mass is 10.2. The Balaban J connectivity index is 0.00000312. The Kier molecular flexibility index (Phi) is 9.36. The Morgan fingerprint density at radius 2 is 2.08 bits per heavy atom. The molecule has 1 aromatic carbocycles. The molecule has 0 spiro atoms. The lowest BCUT2D eigenvalue weighted by molar-refractivity contribution is -0.0504. The van der Waals surface area contributed by atoms with Gasteiger partial charge in [0.15, 0.2) is 5.96 Å². The molecule has 0 bridgehead atoms. The normalized spacial score (nSPS) is 11.2. The molecule has 0 saturated heterocycles. The third kappa shape index (κ3) is 6.90. The monoisotopic (exact) mass is 502 g/mol. The molecule has 2 aromatic rings. The van der Waals surface area contributed by atoms with Crippen LogP contribution in [-0.4, -0.2) is 24.6 Å². The molecule has 25 heavy (non-hydrogen) atoms. The first-order valence-corrected chi connectivity index (χ1v) is 8.32. The summed E-state index contributed by atoms with van der Waals surface area (Å²) >= 11 is 7.48. The Morgan fingerprint density at radius 3 is 2.68 bits per heavy atom. The maximum atomic E-state index is 12.5. The van der Waals surface area contributed by atoms with Crippen molar-refractivity contribution in [2.45, 2.75) is 26.6 Å². The van der Waals surface area contributed by atoms with Crippen molar-refractivity contribution in [3.63, 3.8) is 0 Å². The summed E-state index contributed by atoms with van der Waals surface area (Å²) in [5, 5.41) is 6.63. The molecule has 5 nitrogen and oxygen atoms in total. The van der Waals surface area contributed by atoms with E-state index in [9.17, 15) is 8.78 Å². The van der Waals surface area contributed by atoms with E-state index in [-0.39, 0.29) is 36.3 Å². The lowest BCUT2D eigenvalue weighted by Gasteiger charge is -2.14. The summed E-state index contributed by atoms with van der Waals surface area (Å²) in [6, 6.07) is 4.50. The maximum Gasteiger partial charge on any atom is 0.387 e. The van der Waals surface area contributed by atoms with Crippen LogP contribution in [-0.2, 0) is 13.1 Å². The molecule has 1 aromatic heterocycles. The quantitative estimate of drug-likeness (QED) is 0.353. The summed E-state index contributed by atoms with van der Waals surface area (Å²) in [7, 11) is 1.63. The van der Waals surface area contributed by atoms with Crippen molar-refractivity contribution in [1.82, 2.24) is 15.6 Å². The molecule has 0 radical (unpaired) electrons. The van der Waals surface area contributed by atoms with E-state index in [1.165, 1.54) is 12.1 Å². The van der Waals surface area contributed by atoms with Crippen molar-refractivity contribution in [3.05, 3.63) is 44.9 Å². The van der Waals surface area contributed by atoms with Gasteiger partial charge in [-0.3, -0.25) is 4.99 Å². The minimum absolute atomic E-state index is 0. The van der Waals surface area contributed by atoms with Crippen LogP contribution in [0.15, 0.2) is 28.7 Å². The van der Waals surface area contributed by atoms with Crippen LogP contribution in [0.25, 0.3) is 0 Å². The zero-order valence-corrected chi connectivity index (χ0v) is 17.5. The van der Waals surface area contributed by atoms with E-state index in [0.29, 0.717) is 23.1 Å². The number of guanidine groups is 1. The predicted molar refractivity (Wildman–Crippen MR) is 107 cm³/mol. The molecule has 138 valence electrons. The molecule has 0 fully saturated rings. The largest absolute Gasteiger partial charge is 0.434 e. The number of aromatic nitrogens is 1. The second-order valence-electron chi connectivity index (χ2n) is 4.77. The summed E-state index contributed by atoms with van der Waals surface area (Å²) in [5.74, 6) is 0.612. The van der Waals surface area contributed by atoms with E-state index < -0.39 is 6.61 Å². The van der Waals surface area contributed by atoms with Gasteiger partial charge in [0.2, 0.25) is 0 Å². The van der Waals surface area contributed by atoms with Crippen molar-refractivity contribution in [2.75, 3.05) is 7.05 Å². The van der Waals surface area contributed by atoms with E-state index in [1.54, 1.807) is 30.0 Å². The van der Waals surface area contributed by atoms with Gasteiger partial charge in [0.05, 0.1) is 17.7 Å². The number of aryl methyl sites for hydroxylation is 1. The minimum atomic E-state index is -2.89. The molecular formula is C15H18ClF2IN4OS. The fourth-order valence-corrected chi connectivity index (χ4v) is 2.87. The fraction of sp³-hybridized carbons (Fsp3) is 0.333. The van der Waals surface area contributed by atoms with Gasteiger partial charge in [-0.25, -0.2) is 4.98 Å². The van der Waals surface area contributed by atoms with Crippen LogP contribution < -0.4 is 15.4 Å². The van der Waals surface area contributed by atoms with Gasteiger partial charge in [-0.15, -0.1) is 35.3 Å². The Hall–Kier alpha value is -1.20. The predicted octanol–water partition coefficient (Wildman–Crippen LogP) is 4.19. The van der Waals surface area contributed by atoms with E-state index >= 15 is 0 Å². The molecule has 0 unspecified atom stereocenters. The van der Waals surface area contributed by atoms with Crippen molar-refractivity contribution in [1.29, 1.82) is 0 Å². The lowest BCUT2D eigenvalue weighted by Crippen LogP contribution is -2.36. The number of thiazole rings is 1. The van der Waals surface area contributed by atoms with E-state index in [0.717, 1.165) is 10.6 Å². The van der Waals surface area contributed by atoms with Crippen molar-refractivity contribution >= 4 is 52.9 Å². The number of hydrogen-bond acceptors (Lipinski definition) is 4. The molecule has 0 amide bonds. The number of halogens is 4. The maximum absolute atomic E-state index is 12.5. The molecule has 2 rings (SSSR count). The van der Waals surface area contributed by atoms with Gasteiger partial charge in [0, 0.05) is 29.1 Å². The average Bonchev–Trinajstić information content (AvgIpc) is 2.94. The van der Waals surface area contributed by atoms with Crippen LogP contribution in [0.3, 0.4) is 0 Å². The highest BCUT2D eigenvalue weighted by Crippen LogP contribution is 2.24. The first-order valence-electron chi connectivity index (χ1n) is 7.06. The summed E-state index contributed by atoms with van der Waals surface area (Å²) in [5.41, 5.74) is 3.26. The minimum Gasteiger partial charge on any atom is -0.434 e. The van der Waals surface area contributed by atoms with Crippen LogP contribution in [0.5, 0.6) is 5.75 Å². The second kappa shape index (κ2) is 10.7. The Morgan fingerprint density at radius 1 is 1.36 bits per heavy atom. The first kappa shape index (κ1) is 21.8. The van der Waals surface area contributed by atoms with Crippen LogP contribution in [0.2, 0.25) is 5.02 Å². The molecule has 0 saturated carbocycles. The highest BCUT2D eigenvalue weighted by molar-refractivity contribution is 14.0. The van der Waals surface area contributed by atoms with Crippen molar-refractivity contribution in [3.8, 4) is 5.75 Å². The van der Waals surface area contributed by atoms with Crippen molar-refractivity contribution in [2.24, 2.45) is 4.99 Å². The molecular weight excluding hydrogens is 485 g/mol. The third-order valence-corrected chi connectivity index (χ3v) is 4.34. The zero-order chi connectivity index (χ0) is 17.5. The first-order chi connectivity index (χ1) is 11.5. The second-order valence-corrected chi connectivity index (χ2v) is 6.15. The molecule has 10 heteroatoms.